The van der Waals surface area contributed by atoms with Gasteiger partial charge >= 0.3 is 58.4 Å². The van der Waals surface area contributed by atoms with Gasteiger partial charge in [-0.15, -0.1) is 0 Å². The Morgan fingerprint density at radius 1 is 1.05 bits per heavy atom. The van der Waals surface area contributed by atoms with E-state index in [1.807, 2.05) is 0 Å². The minimum absolute atomic E-state index is 0. The number of hydrogen-bond acceptors (Lipinski definition) is 2. The van der Waals surface area contributed by atoms with Crippen LogP contribution in [0.15, 0.2) is 18.5 Å². The molecule has 0 radical (unpaired) electrons. The minimum Gasteiger partial charge on any atom is -0.492 e. The van der Waals surface area contributed by atoms with Crippen LogP contribution in [0.25, 0.3) is 0 Å². The van der Waals surface area contributed by atoms with Crippen LogP contribution < -0.4 is 61.6 Å². The molecule has 1 aromatic heterocycles. The molecule has 7 heteroatoms. The summed E-state index contributed by atoms with van der Waals surface area (Å²) in [4.78, 5) is 3.56. The van der Waals surface area contributed by atoms with Crippen LogP contribution in [0.5, 0.6) is 5.75 Å². The van der Waals surface area contributed by atoms with Crippen LogP contribution >= 0.6 is 0 Å². The summed E-state index contributed by atoms with van der Waals surface area (Å²) in [6, 6.07) is 1.02. The van der Waals surface area contributed by atoms with E-state index in [1.54, 1.807) is 0 Å². The van der Waals surface area contributed by atoms with Crippen molar-refractivity contribution in [2.24, 2.45) is 0 Å². The van der Waals surface area contributed by atoms with Gasteiger partial charge < -0.3 is 17.7 Å². The molecule has 0 bridgehead atoms. The molecule has 0 aliphatic heterocycles. The van der Waals surface area contributed by atoms with Gasteiger partial charge in [0.05, 0.1) is 12.8 Å². The van der Waals surface area contributed by atoms with Crippen LogP contribution in [0.3, 0.4) is 0 Å². The van der Waals surface area contributed by atoms with Crippen LogP contribution in [0.2, 0.25) is 0 Å². The van der Waals surface area contributed by atoms with Gasteiger partial charge in [-0.1, -0.05) is 44.5 Å². The van der Waals surface area contributed by atoms with Crippen molar-refractivity contribution in [2.45, 2.75) is 45.4 Å². The molecule has 2 nitrogen and oxygen atoms in total. The van der Waals surface area contributed by atoms with Crippen LogP contribution in [0.1, 0.15) is 45.4 Å². The minimum atomic E-state index is -5.00. The van der Waals surface area contributed by atoms with E-state index in [-0.39, 0.29) is 57.1 Å². The molecular formula is C13H20BF3KNO. The van der Waals surface area contributed by atoms with Crippen LogP contribution in [-0.2, 0) is 0 Å². The second kappa shape index (κ2) is 11.1. The Balaban J connectivity index is 0.00000361. The normalized spacial score (nSPS) is 11.0. The van der Waals surface area contributed by atoms with Gasteiger partial charge in [0, 0.05) is 6.20 Å². The van der Waals surface area contributed by atoms with E-state index in [2.05, 4.69) is 11.9 Å². The summed E-state index contributed by atoms with van der Waals surface area (Å²) in [6.07, 6.45) is 8.88. The van der Waals surface area contributed by atoms with E-state index in [1.165, 1.54) is 25.5 Å². The van der Waals surface area contributed by atoms with Gasteiger partial charge in [-0.2, -0.15) is 0 Å². The van der Waals surface area contributed by atoms with E-state index < -0.39 is 12.4 Å². The summed E-state index contributed by atoms with van der Waals surface area (Å²) in [7, 11) is 0. The molecule has 0 fully saturated rings. The maximum absolute atomic E-state index is 12.5. The van der Waals surface area contributed by atoms with Crippen molar-refractivity contribution >= 4 is 12.4 Å². The van der Waals surface area contributed by atoms with Crippen molar-refractivity contribution in [2.75, 3.05) is 6.61 Å². The molecule has 1 aromatic rings. The Morgan fingerprint density at radius 3 is 2.35 bits per heavy atom. The smallest absolute Gasteiger partial charge is 0.492 e. The SMILES string of the molecule is CCCCCCCCOc1cncc([B-](F)(F)F)c1.[K+]. The zero-order chi connectivity index (χ0) is 14.1. The van der Waals surface area contributed by atoms with E-state index >= 15 is 0 Å². The predicted molar refractivity (Wildman–Crippen MR) is 71.8 cm³/mol. The molecule has 1 heterocycles. The molecule has 0 aliphatic rings. The number of nitrogens with zero attached hydrogens (tertiary/aromatic N) is 1. The fourth-order valence-corrected chi connectivity index (χ4v) is 1.77. The van der Waals surface area contributed by atoms with Crippen LogP contribution in [0, 0.1) is 0 Å². The van der Waals surface area contributed by atoms with Crippen molar-refractivity contribution in [3.8, 4) is 5.75 Å². The first-order chi connectivity index (χ1) is 9.04. The third kappa shape index (κ3) is 8.67. The van der Waals surface area contributed by atoms with Crippen molar-refractivity contribution in [1.29, 1.82) is 0 Å². The first-order valence-corrected chi connectivity index (χ1v) is 6.81. The largest absolute Gasteiger partial charge is 1.00 e. The molecule has 0 unspecified atom stereocenters. The van der Waals surface area contributed by atoms with Crippen molar-refractivity contribution in [3.05, 3.63) is 18.5 Å². The Kier molecular flexibility index (Phi) is 11.3. The van der Waals surface area contributed by atoms with E-state index in [9.17, 15) is 12.9 Å². The fraction of sp³-hybridized carbons (Fsp3) is 0.615. The van der Waals surface area contributed by atoms with Crippen molar-refractivity contribution < 1.29 is 69.1 Å². The predicted octanol–water partition coefficient (Wildman–Crippen LogP) is 0.879. The molecule has 0 amide bonds. The zero-order valence-corrected chi connectivity index (χ0v) is 15.4. The van der Waals surface area contributed by atoms with Crippen LogP contribution in [0.4, 0.5) is 12.9 Å². The summed E-state index contributed by atoms with van der Waals surface area (Å²) in [6.45, 7) is -2.40. The summed E-state index contributed by atoms with van der Waals surface area (Å²) in [5.41, 5.74) is -0.708. The van der Waals surface area contributed by atoms with Crippen LogP contribution in [-0.4, -0.2) is 18.6 Å². The molecule has 0 aliphatic carbocycles. The number of aromatic nitrogens is 1. The van der Waals surface area contributed by atoms with Gasteiger partial charge in [-0.25, -0.2) is 0 Å². The molecule has 1 rings (SSSR count). The Labute approximate surface area is 161 Å². The Hall–Kier alpha value is 0.441. The third-order valence-corrected chi connectivity index (χ3v) is 2.88. The second-order valence-electron chi connectivity index (χ2n) is 4.64. The van der Waals surface area contributed by atoms with Gasteiger partial charge in [-0.3, -0.25) is 4.98 Å². The molecule has 20 heavy (non-hydrogen) atoms. The van der Waals surface area contributed by atoms with Gasteiger partial charge in [0.25, 0.3) is 0 Å². The Bertz CT molecular complexity index is 377. The molecule has 0 aromatic carbocycles. The molecule has 0 saturated carbocycles. The summed E-state index contributed by atoms with van der Waals surface area (Å²) >= 11 is 0. The molecule has 108 valence electrons. The maximum atomic E-state index is 12.5. The van der Waals surface area contributed by atoms with Gasteiger partial charge in [0.2, 0.25) is 0 Å². The first kappa shape index (κ1) is 20.4. The molecular weight excluding hydrogens is 293 g/mol. The van der Waals surface area contributed by atoms with E-state index in [0.717, 1.165) is 31.5 Å². The van der Waals surface area contributed by atoms with E-state index in [0.29, 0.717) is 6.61 Å². The topological polar surface area (TPSA) is 22.1 Å². The number of rotatable bonds is 9. The molecule has 0 spiro atoms. The van der Waals surface area contributed by atoms with Gasteiger partial charge in [0.15, 0.2) is 0 Å². The number of halogens is 3. The quantitative estimate of drug-likeness (QED) is 0.499. The zero-order valence-electron chi connectivity index (χ0n) is 12.2. The van der Waals surface area contributed by atoms with Gasteiger partial charge in [-0.05, 0) is 12.5 Å². The molecule has 0 N–H and O–H groups in total. The van der Waals surface area contributed by atoms with Gasteiger partial charge in [0.1, 0.15) is 5.75 Å². The number of unbranched alkanes of at least 4 members (excludes halogenated alkanes) is 5. The summed E-state index contributed by atoms with van der Waals surface area (Å²) in [5.74, 6) is 0.199. The maximum Gasteiger partial charge on any atom is 1.00 e. The van der Waals surface area contributed by atoms with Crippen molar-refractivity contribution in [3.63, 3.8) is 0 Å². The number of ether oxygens (including phenoxy) is 1. The molecule has 0 atom stereocenters. The average molecular weight is 313 g/mol. The standard InChI is InChI=1S/C13H20BF3NO.K/c1-2-3-4-5-6-7-8-19-13-9-12(10-18-11-13)14(15,16)17;/h9-11H,2-8H2,1H3;/q-1;+1. The Morgan fingerprint density at radius 2 is 1.70 bits per heavy atom. The average Bonchev–Trinajstić information content (AvgIpc) is 2.37. The first-order valence-electron chi connectivity index (χ1n) is 6.81. The monoisotopic (exact) mass is 313 g/mol. The van der Waals surface area contributed by atoms with E-state index in [4.69, 9.17) is 4.74 Å². The number of pyridine rings is 1. The third-order valence-electron chi connectivity index (χ3n) is 2.88. The fourth-order valence-electron chi connectivity index (χ4n) is 1.77. The summed E-state index contributed by atoms with van der Waals surface area (Å²) < 4.78 is 42.8. The second-order valence-corrected chi connectivity index (χ2v) is 4.64. The summed E-state index contributed by atoms with van der Waals surface area (Å²) in [5, 5.41) is 0. The van der Waals surface area contributed by atoms with Crippen molar-refractivity contribution in [1.82, 2.24) is 4.98 Å². The molecule has 0 saturated heterocycles. The number of hydrogen-bond donors (Lipinski definition) is 0.